The van der Waals surface area contributed by atoms with E-state index in [0.717, 1.165) is 17.8 Å². The molecule has 1 aromatic carbocycles. The maximum Gasteiger partial charge on any atom is 0.151 e. The van der Waals surface area contributed by atoms with Gasteiger partial charge in [-0.25, -0.2) is 9.37 Å². The van der Waals surface area contributed by atoms with Crippen LogP contribution in [0.5, 0.6) is 0 Å². The first-order chi connectivity index (χ1) is 9.70. The molecule has 0 amide bonds. The minimum atomic E-state index is -0.213. The molecular formula is C16H20FN3. The van der Waals surface area contributed by atoms with Crippen LogP contribution >= 0.6 is 0 Å². The van der Waals surface area contributed by atoms with Gasteiger partial charge in [-0.05, 0) is 43.7 Å². The quantitative estimate of drug-likeness (QED) is 0.912. The Morgan fingerprint density at radius 2 is 2.05 bits per heavy atom. The number of hydrogen-bond donors (Lipinski definition) is 1. The zero-order valence-corrected chi connectivity index (χ0v) is 11.8. The lowest BCUT2D eigenvalue weighted by atomic mass is 9.89. The summed E-state index contributed by atoms with van der Waals surface area (Å²) in [7, 11) is 2.00. The van der Waals surface area contributed by atoms with E-state index in [2.05, 4.69) is 14.9 Å². The van der Waals surface area contributed by atoms with Gasteiger partial charge in [-0.3, -0.25) is 0 Å². The monoisotopic (exact) mass is 273 g/mol. The molecule has 0 saturated carbocycles. The summed E-state index contributed by atoms with van der Waals surface area (Å²) in [5.74, 6) is 1.50. The van der Waals surface area contributed by atoms with Gasteiger partial charge in [0.25, 0.3) is 0 Å². The van der Waals surface area contributed by atoms with Gasteiger partial charge in [0.05, 0.1) is 5.52 Å². The predicted octanol–water partition coefficient (Wildman–Crippen LogP) is 2.79. The Labute approximate surface area is 118 Å². The lowest BCUT2D eigenvalue weighted by molar-refractivity contribution is 0.294. The third kappa shape index (κ3) is 1.94. The van der Waals surface area contributed by atoms with E-state index in [1.165, 1.54) is 31.7 Å². The molecule has 20 heavy (non-hydrogen) atoms. The van der Waals surface area contributed by atoms with Gasteiger partial charge in [0.2, 0.25) is 0 Å². The minimum absolute atomic E-state index is 0.213. The minimum Gasteiger partial charge on any atom is -0.331 e. The van der Waals surface area contributed by atoms with Gasteiger partial charge in [-0.15, -0.1) is 0 Å². The highest BCUT2D eigenvalue weighted by molar-refractivity contribution is 5.76. The number of para-hydroxylation sites is 1. The average molecular weight is 273 g/mol. The lowest BCUT2D eigenvalue weighted by Crippen LogP contribution is -2.38. The van der Waals surface area contributed by atoms with Crippen LogP contribution in [-0.2, 0) is 13.5 Å². The molecule has 2 fully saturated rings. The molecule has 4 rings (SSSR count). The molecule has 3 nitrogen and oxygen atoms in total. The Balaban J connectivity index is 1.62. The van der Waals surface area contributed by atoms with Crippen molar-refractivity contribution < 1.29 is 4.39 Å². The third-order valence-corrected chi connectivity index (χ3v) is 5.00. The van der Waals surface area contributed by atoms with Crippen molar-refractivity contribution in [1.82, 2.24) is 14.9 Å². The number of halogens is 1. The Morgan fingerprint density at radius 1 is 1.30 bits per heavy atom. The van der Waals surface area contributed by atoms with Crippen molar-refractivity contribution in [3.05, 3.63) is 29.8 Å². The molecule has 2 aliphatic heterocycles. The maximum absolute atomic E-state index is 13.8. The van der Waals surface area contributed by atoms with Crippen LogP contribution in [0.1, 0.15) is 31.5 Å². The molecule has 2 aromatic rings. The topological polar surface area (TPSA) is 29.9 Å². The molecule has 0 spiro atoms. The molecule has 2 saturated heterocycles. The van der Waals surface area contributed by atoms with Gasteiger partial charge < -0.3 is 9.88 Å². The van der Waals surface area contributed by atoms with E-state index >= 15 is 0 Å². The molecule has 2 unspecified atom stereocenters. The number of aromatic nitrogens is 2. The number of benzene rings is 1. The van der Waals surface area contributed by atoms with Crippen molar-refractivity contribution in [3.8, 4) is 0 Å². The first kappa shape index (κ1) is 12.3. The Bertz CT molecular complexity index is 636. The van der Waals surface area contributed by atoms with E-state index in [9.17, 15) is 4.39 Å². The Morgan fingerprint density at radius 3 is 2.75 bits per heavy atom. The van der Waals surface area contributed by atoms with Crippen molar-refractivity contribution >= 4 is 11.0 Å². The zero-order valence-electron chi connectivity index (χ0n) is 11.8. The predicted molar refractivity (Wildman–Crippen MR) is 77.0 cm³/mol. The fraction of sp³-hybridized carbons (Fsp3) is 0.562. The second-order valence-electron chi connectivity index (χ2n) is 6.37. The standard InChI is InChI=1S/C16H20FN3/c1-20-14-4-2-3-13(17)16(14)19-15(20)9-10-7-11-5-6-12(8-10)18-11/h2-4,10-12,18H,5-9H2,1H3. The van der Waals surface area contributed by atoms with E-state index in [0.29, 0.717) is 23.5 Å². The van der Waals surface area contributed by atoms with Crippen LogP contribution < -0.4 is 5.32 Å². The van der Waals surface area contributed by atoms with Crippen molar-refractivity contribution in [1.29, 1.82) is 0 Å². The number of aryl methyl sites for hydroxylation is 1. The van der Waals surface area contributed by atoms with Crippen LogP contribution in [0.2, 0.25) is 0 Å². The molecule has 3 heterocycles. The van der Waals surface area contributed by atoms with E-state index in [1.807, 2.05) is 13.1 Å². The van der Waals surface area contributed by atoms with Gasteiger partial charge in [0.1, 0.15) is 11.3 Å². The lowest BCUT2D eigenvalue weighted by Gasteiger charge is -2.28. The van der Waals surface area contributed by atoms with Gasteiger partial charge in [0.15, 0.2) is 5.82 Å². The molecule has 4 heteroatoms. The normalized spacial score (nSPS) is 29.2. The van der Waals surface area contributed by atoms with Crippen LogP contribution in [0, 0.1) is 11.7 Å². The van der Waals surface area contributed by atoms with Gasteiger partial charge in [0, 0.05) is 25.6 Å². The summed E-state index contributed by atoms with van der Waals surface area (Å²) in [6.07, 6.45) is 6.08. The zero-order chi connectivity index (χ0) is 13.7. The highest BCUT2D eigenvalue weighted by atomic mass is 19.1. The summed E-state index contributed by atoms with van der Waals surface area (Å²) in [5.41, 5.74) is 1.42. The Hall–Kier alpha value is -1.42. The average Bonchev–Trinajstić information content (AvgIpc) is 2.93. The van der Waals surface area contributed by atoms with Crippen molar-refractivity contribution in [2.24, 2.45) is 13.0 Å². The molecule has 0 aliphatic carbocycles. The summed E-state index contributed by atoms with van der Waals surface area (Å²) < 4.78 is 15.9. The molecule has 2 bridgehead atoms. The molecule has 1 aromatic heterocycles. The smallest absolute Gasteiger partial charge is 0.151 e. The van der Waals surface area contributed by atoms with Crippen molar-refractivity contribution in [2.45, 2.75) is 44.2 Å². The SMILES string of the molecule is Cn1c(CC2CC3CCC(C2)N3)nc2c(F)cccc21. The molecule has 1 N–H and O–H groups in total. The molecular weight excluding hydrogens is 253 g/mol. The van der Waals surface area contributed by atoms with Crippen LogP contribution in [0.3, 0.4) is 0 Å². The van der Waals surface area contributed by atoms with E-state index in [1.54, 1.807) is 6.07 Å². The number of rotatable bonds is 2. The van der Waals surface area contributed by atoms with Crippen LogP contribution in [-0.4, -0.2) is 21.6 Å². The van der Waals surface area contributed by atoms with Gasteiger partial charge in [-0.2, -0.15) is 0 Å². The van der Waals surface area contributed by atoms with Gasteiger partial charge in [-0.1, -0.05) is 6.07 Å². The maximum atomic E-state index is 13.8. The van der Waals surface area contributed by atoms with Crippen LogP contribution in [0.15, 0.2) is 18.2 Å². The first-order valence-corrected chi connectivity index (χ1v) is 7.56. The molecule has 2 atom stereocenters. The largest absolute Gasteiger partial charge is 0.331 e. The number of nitrogens with zero attached hydrogens (tertiary/aromatic N) is 2. The fourth-order valence-electron chi connectivity index (χ4n) is 4.01. The summed E-state index contributed by atoms with van der Waals surface area (Å²) in [6.45, 7) is 0. The van der Waals surface area contributed by atoms with E-state index in [-0.39, 0.29) is 5.82 Å². The number of hydrogen-bond acceptors (Lipinski definition) is 2. The summed E-state index contributed by atoms with van der Waals surface area (Å²) in [4.78, 5) is 4.54. The Kier molecular flexibility index (Phi) is 2.81. The van der Waals surface area contributed by atoms with Crippen LogP contribution in [0.25, 0.3) is 11.0 Å². The fourth-order valence-corrected chi connectivity index (χ4v) is 4.01. The van der Waals surface area contributed by atoms with Crippen LogP contribution in [0.4, 0.5) is 4.39 Å². The highest BCUT2D eigenvalue weighted by Crippen LogP contribution is 2.33. The number of nitrogens with one attached hydrogen (secondary N) is 1. The van der Waals surface area contributed by atoms with E-state index < -0.39 is 0 Å². The third-order valence-electron chi connectivity index (χ3n) is 5.00. The van der Waals surface area contributed by atoms with E-state index in [4.69, 9.17) is 0 Å². The molecule has 2 aliphatic rings. The summed E-state index contributed by atoms with van der Waals surface area (Å²) >= 11 is 0. The number of imidazole rings is 1. The number of fused-ring (bicyclic) bond motifs is 3. The number of piperidine rings is 1. The second kappa shape index (κ2) is 4.55. The summed E-state index contributed by atoms with van der Waals surface area (Å²) in [5, 5.41) is 3.67. The van der Waals surface area contributed by atoms with Crippen molar-refractivity contribution in [3.63, 3.8) is 0 Å². The first-order valence-electron chi connectivity index (χ1n) is 7.56. The molecule has 0 radical (unpaired) electrons. The summed E-state index contributed by atoms with van der Waals surface area (Å²) in [6, 6.07) is 6.59. The van der Waals surface area contributed by atoms with Crippen molar-refractivity contribution in [2.75, 3.05) is 0 Å². The second-order valence-corrected chi connectivity index (χ2v) is 6.37. The van der Waals surface area contributed by atoms with Gasteiger partial charge >= 0.3 is 0 Å². The molecule has 106 valence electrons. The highest BCUT2D eigenvalue weighted by Gasteiger charge is 2.33.